The first-order valence-corrected chi connectivity index (χ1v) is 14.9. The van der Waals surface area contributed by atoms with E-state index in [4.69, 9.17) is 4.42 Å². The molecule has 0 aliphatic heterocycles. The summed E-state index contributed by atoms with van der Waals surface area (Å²) < 4.78 is 6.16. The van der Waals surface area contributed by atoms with Crippen molar-refractivity contribution in [3.63, 3.8) is 0 Å². The van der Waals surface area contributed by atoms with E-state index in [1.54, 1.807) is 0 Å². The van der Waals surface area contributed by atoms with Crippen LogP contribution in [0.25, 0.3) is 55.3 Å². The molecule has 2 nitrogen and oxygen atoms in total. The number of furan rings is 1. The van der Waals surface area contributed by atoms with Gasteiger partial charge in [-0.1, -0.05) is 115 Å². The first-order chi connectivity index (χ1) is 21.8. The third-order valence-electron chi connectivity index (χ3n) is 8.28. The molecule has 1 heterocycles. The van der Waals surface area contributed by atoms with Crippen LogP contribution in [0.4, 0.5) is 17.1 Å². The molecule has 0 atom stereocenters. The molecule has 0 N–H and O–H groups in total. The molecule has 0 saturated carbocycles. The van der Waals surface area contributed by atoms with Crippen molar-refractivity contribution in [3.8, 4) is 33.4 Å². The van der Waals surface area contributed by atoms with E-state index < -0.39 is 0 Å². The molecular formula is C42H29NO. The van der Waals surface area contributed by atoms with Crippen molar-refractivity contribution in [1.82, 2.24) is 0 Å². The molecule has 8 aromatic rings. The van der Waals surface area contributed by atoms with Crippen LogP contribution in [0.3, 0.4) is 0 Å². The Bertz CT molecular complexity index is 2200. The van der Waals surface area contributed by atoms with Crippen molar-refractivity contribution in [2.45, 2.75) is 0 Å². The van der Waals surface area contributed by atoms with E-state index >= 15 is 0 Å². The number of anilines is 3. The van der Waals surface area contributed by atoms with Gasteiger partial charge in [0.2, 0.25) is 0 Å². The zero-order chi connectivity index (χ0) is 29.3. The maximum atomic E-state index is 6.16. The number of rotatable bonds is 6. The van der Waals surface area contributed by atoms with Crippen molar-refractivity contribution in [2.24, 2.45) is 0 Å². The molecule has 0 saturated heterocycles. The summed E-state index contributed by atoms with van der Waals surface area (Å²) >= 11 is 0. The molecule has 0 radical (unpaired) electrons. The lowest BCUT2D eigenvalue weighted by molar-refractivity contribution is 0.669. The van der Waals surface area contributed by atoms with Gasteiger partial charge in [0.25, 0.3) is 0 Å². The Morgan fingerprint density at radius 1 is 0.295 bits per heavy atom. The Hall–Kier alpha value is -5.86. The second-order valence-corrected chi connectivity index (χ2v) is 11.0. The van der Waals surface area contributed by atoms with E-state index in [2.05, 4.69) is 169 Å². The number of benzene rings is 7. The van der Waals surface area contributed by atoms with Gasteiger partial charge in [-0.2, -0.15) is 0 Å². The van der Waals surface area contributed by atoms with Crippen LogP contribution >= 0.6 is 0 Å². The highest BCUT2D eigenvalue weighted by atomic mass is 16.3. The number of para-hydroxylation sites is 2. The number of hydrogen-bond donors (Lipinski definition) is 0. The van der Waals surface area contributed by atoms with Gasteiger partial charge in [0, 0.05) is 27.8 Å². The summed E-state index contributed by atoms with van der Waals surface area (Å²) in [6.07, 6.45) is 0. The van der Waals surface area contributed by atoms with Gasteiger partial charge in [-0.25, -0.2) is 0 Å². The van der Waals surface area contributed by atoms with Crippen molar-refractivity contribution in [3.05, 3.63) is 176 Å². The normalized spacial score (nSPS) is 11.2. The molecule has 7 aromatic carbocycles. The Kier molecular flexibility index (Phi) is 6.51. The average molecular weight is 564 g/mol. The van der Waals surface area contributed by atoms with Gasteiger partial charge in [-0.15, -0.1) is 0 Å². The summed E-state index contributed by atoms with van der Waals surface area (Å²) in [5, 5.41) is 2.30. The minimum Gasteiger partial charge on any atom is -0.456 e. The van der Waals surface area contributed by atoms with Gasteiger partial charge in [0.15, 0.2) is 0 Å². The number of fused-ring (bicyclic) bond motifs is 3. The second-order valence-electron chi connectivity index (χ2n) is 11.0. The Balaban J connectivity index is 1.11. The summed E-state index contributed by atoms with van der Waals surface area (Å²) in [6.45, 7) is 0. The second kappa shape index (κ2) is 11.1. The molecule has 0 amide bonds. The van der Waals surface area contributed by atoms with Crippen LogP contribution in [0, 0.1) is 0 Å². The highest BCUT2D eigenvalue weighted by molar-refractivity contribution is 6.05. The van der Waals surface area contributed by atoms with Gasteiger partial charge in [0.1, 0.15) is 11.2 Å². The lowest BCUT2D eigenvalue weighted by atomic mass is 9.98. The molecule has 0 aliphatic rings. The Labute approximate surface area is 257 Å². The first kappa shape index (κ1) is 25.8. The predicted molar refractivity (Wildman–Crippen MR) is 185 cm³/mol. The summed E-state index contributed by atoms with van der Waals surface area (Å²) in [4.78, 5) is 2.30. The smallest absolute Gasteiger partial charge is 0.136 e. The lowest BCUT2D eigenvalue weighted by Crippen LogP contribution is -2.09. The maximum Gasteiger partial charge on any atom is 0.136 e. The molecule has 0 spiro atoms. The van der Waals surface area contributed by atoms with Crippen LogP contribution in [-0.4, -0.2) is 0 Å². The fraction of sp³-hybridized carbons (Fsp3) is 0. The highest BCUT2D eigenvalue weighted by Crippen LogP contribution is 2.37. The van der Waals surface area contributed by atoms with Gasteiger partial charge in [0.05, 0.1) is 0 Å². The minimum atomic E-state index is 0.913. The average Bonchev–Trinajstić information content (AvgIpc) is 3.48. The van der Waals surface area contributed by atoms with Gasteiger partial charge in [-0.3, -0.25) is 0 Å². The van der Waals surface area contributed by atoms with Gasteiger partial charge >= 0.3 is 0 Å². The molecule has 208 valence electrons. The fourth-order valence-corrected chi connectivity index (χ4v) is 6.04. The highest BCUT2D eigenvalue weighted by Gasteiger charge is 2.13. The fourth-order valence-electron chi connectivity index (χ4n) is 6.04. The van der Waals surface area contributed by atoms with Crippen LogP contribution < -0.4 is 4.90 Å². The van der Waals surface area contributed by atoms with Crippen LogP contribution in [0.15, 0.2) is 180 Å². The van der Waals surface area contributed by atoms with E-state index in [-0.39, 0.29) is 0 Å². The molecular weight excluding hydrogens is 534 g/mol. The van der Waals surface area contributed by atoms with Crippen LogP contribution in [-0.2, 0) is 0 Å². The SMILES string of the molecule is c1ccc(-c2ccc(N(c3ccccc3)c3ccc(-c4cccc(-c5ccc6c(c5)oc5ccccc56)c4)cc3)cc2)cc1. The van der Waals surface area contributed by atoms with Crippen LogP contribution in [0.5, 0.6) is 0 Å². The molecule has 1 aromatic heterocycles. The monoisotopic (exact) mass is 563 g/mol. The standard InChI is InChI=1S/C42H29NO/c1-3-10-30(11-4-1)31-18-23-37(24-19-31)43(36-14-5-2-6-15-36)38-25-20-32(21-26-38)33-12-9-13-34(28-33)35-22-27-40-39-16-7-8-17-41(39)44-42(40)29-35/h1-29H. The molecule has 0 fully saturated rings. The summed E-state index contributed by atoms with van der Waals surface area (Å²) in [5.41, 5.74) is 12.3. The van der Waals surface area contributed by atoms with E-state index in [0.717, 1.165) is 44.6 Å². The topological polar surface area (TPSA) is 16.4 Å². The molecule has 8 rings (SSSR count). The largest absolute Gasteiger partial charge is 0.456 e. The van der Waals surface area contributed by atoms with Crippen LogP contribution in [0.2, 0.25) is 0 Å². The van der Waals surface area contributed by atoms with E-state index in [9.17, 15) is 0 Å². The van der Waals surface area contributed by atoms with E-state index in [0.29, 0.717) is 0 Å². The zero-order valence-electron chi connectivity index (χ0n) is 24.1. The molecule has 44 heavy (non-hydrogen) atoms. The van der Waals surface area contributed by atoms with Crippen molar-refractivity contribution >= 4 is 39.0 Å². The van der Waals surface area contributed by atoms with Crippen LogP contribution in [0.1, 0.15) is 0 Å². The van der Waals surface area contributed by atoms with Gasteiger partial charge in [-0.05, 0) is 94.0 Å². The summed E-state index contributed by atoms with van der Waals surface area (Å²) in [5.74, 6) is 0. The number of nitrogens with zero attached hydrogens (tertiary/aromatic N) is 1. The first-order valence-electron chi connectivity index (χ1n) is 14.9. The van der Waals surface area contributed by atoms with Crippen molar-refractivity contribution < 1.29 is 4.42 Å². The van der Waals surface area contributed by atoms with Crippen molar-refractivity contribution in [1.29, 1.82) is 0 Å². The zero-order valence-corrected chi connectivity index (χ0v) is 24.1. The number of hydrogen-bond acceptors (Lipinski definition) is 2. The van der Waals surface area contributed by atoms with E-state index in [1.165, 1.54) is 27.8 Å². The van der Waals surface area contributed by atoms with E-state index in [1.807, 2.05) is 12.1 Å². The maximum absolute atomic E-state index is 6.16. The molecule has 2 heteroatoms. The third-order valence-corrected chi connectivity index (χ3v) is 8.28. The predicted octanol–water partition coefficient (Wildman–Crippen LogP) is 12.1. The third kappa shape index (κ3) is 4.83. The Morgan fingerprint density at radius 3 is 1.45 bits per heavy atom. The molecule has 0 bridgehead atoms. The summed E-state index contributed by atoms with van der Waals surface area (Å²) in [6, 6.07) is 62.1. The van der Waals surface area contributed by atoms with Crippen molar-refractivity contribution in [2.75, 3.05) is 4.90 Å². The Morgan fingerprint density at radius 2 is 0.750 bits per heavy atom. The molecule has 0 aliphatic carbocycles. The summed E-state index contributed by atoms with van der Waals surface area (Å²) in [7, 11) is 0. The lowest BCUT2D eigenvalue weighted by Gasteiger charge is -2.26. The molecule has 0 unspecified atom stereocenters. The quantitative estimate of drug-likeness (QED) is 0.200. The van der Waals surface area contributed by atoms with Gasteiger partial charge < -0.3 is 9.32 Å². The minimum absolute atomic E-state index is 0.913.